The Hall–Kier alpha value is -2.63. The molecule has 0 aliphatic heterocycles. The van der Waals surface area contributed by atoms with Gasteiger partial charge in [0.05, 0.1) is 11.7 Å². The monoisotopic (exact) mass is 480 g/mol. The lowest BCUT2D eigenvalue weighted by atomic mass is 9.70. The van der Waals surface area contributed by atoms with E-state index in [1.165, 1.54) is 16.7 Å². The number of carboxylic acid groups (broad SMARTS) is 1. The van der Waals surface area contributed by atoms with Gasteiger partial charge in [-0.1, -0.05) is 56.3 Å². The fourth-order valence-corrected chi connectivity index (χ4v) is 5.01. The summed E-state index contributed by atoms with van der Waals surface area (Å²) < 4.78 is 5.80. The lowest BCUT2D eigenvalue weighted by Crippen LogP contribution is -2.33. The van der Waals surface area contributed by atoms with Crippen molar-refractivity contribution in [2.24, 2.45) is 0 Å². The molecular formula is C30H40O5. The summed E-state index contributed by atoms with van der Waals surface area (Å²) in [5.74, 6) is -0.218. The maximum atomic E-state index is 10.7. The summed E-state index contributed by atoms with van der Waals surface area (Å²) in [4.78, 5) is 10.7. The minimum Gasteiger partial charge on any atom is -0.491 e. The number of benzene rings is 2. The van der Waals surface area contributed by atoms with Crippen molar-refractivity contribution in [1.82, 2.24) is 0 Å². The average molecular weight is 481 g/mol. The third kappa shape index (κ3) is 6.33. The molecule has 1 atom stereocenters. The van der Waals surface area contributed by atoms with Gasteiger partial charge in [0, 0.05) is 11.8 Å². The van der Waals surface area contributed by atoms with Gasteiger partial charge < -0.3 is 20.1 Å². The molecule has 0 radical (unpaired) electrons. The van der Waals surface area contributed by atoms with E-state index in [1.807, 2.05) is 19.1 Å². The number of hydrogen-bond acceptors (Lipinski definition) is 4. The van der Waals surface area contributed by atoms with Crippen LogP contribution in [0.2, 0.25) is 0 Å². The first kappa shape index (κ1) is 27.0. The quantitative estimate of drug-likeness (QED) is 0.350. The standard InChI is InChI=1S/C30H40O5/c1-5-30(6-2,24-9-8-23(21(3)18-24)14-17-29(34)15-7-16-29)25-10-12-27(22(4)19-25)35-20-26(31)11-13-28(32)33/h8-10,12,14,17-19,26,31,34H,5-7,11,13,15-16,20H2,1-4H3,(H,32,33)/t26-/m1/s1. The lowest BCUT2D eigenvalue weighted by Gasteiger charge is -2.34. The number of carbonyl (C=O) groups is 1. The summed E-state index contributed by atoms with van der Waals surface area (Å²) in [6.45, 7) is 8.64. The summed E-state index contributed by atoms with van der Waals surface area (Å²) in [5, 5.41) is 29.2. The van der Waals surface area contributed by atoms with Gasteiger partial charge in [-0.25, -0.2) is 0 Å². The van der Waals surface area contributed by atoms with Crippen LogP contribution in [0.3, 0.4) is 0 Å². The first-order chi connectivity index (χ1) is 16.6. The number of carboxylic acids is 1. The Morgan fingerprint density at radius 1 is 1.09 bits per heavy atom. The molecule has 0 amide bonds. The van der Waals surface area contributed by atoms with Crippen LogP contribution >= 0.6 is 0 Å². The second-order valence-corrected chi connectivity index (χ2v) is 10.0. The molecule has 0 unspecified atom stereocenters. The zero-order valence-electron chi connectivity index (χ0n) is 21.5. The highest BCUT2D eigenvalue weighted by molar-refractivity contribution is 5.66. The van der Waals surface area contributed by atoms with Gasteiger partial charge in [0.1, 0.15) is 12.4 Å². The molecule has 3 N–H and O–H groups in total. The minimum absolute atomic E-state index is 0.0729. The van der Waals surface area contributed by atoms with Gasteiger partial charge in [-0.15, -0.1) is 0 Å². The molecule has 0 bridgehead atoms. The van der Waals surface area contributed by atoms with Crippen molar-refractivity contribution in [3.63, 3.8) is 0 Å². The molecule has 190 valence electrons. The van der Waals surface area contributed by atoms with Crippen LogP contribution in [-0.4, -0.2) is 39.6 Å². The van der Waals surface area contributed by atoms with Crippen molar-refractivity contribution in [3.8, 4) is 5.75 Å². The Bertz CT molecular complexity index is 1050. The molecule has 5 heteroatoms. The highest BCUT2D eigenvalue weighted by atomic mass is 16.5. The first-order valence-corrected chi connectivity index (χ1v) is 12.8. The van der Waals surface area contributed by atoms with Crippen molar-refractivity contribution in [3.05, 3.63) is 70.3 Å². The van der Waals surface area contributed by atoms with Gasteiger partial charge in [0.2, 0.25) is 0 Å². The largest absolute Gasteiger partial charge is 0.491 e. The van der Waals surface area contributed by atoms with Gasteiger partial charge in [0.15, 0.2) is 0 Å². The second kappa shape index (κ2) is 11.4. The van der Waals surface area contributed by atoms with E-state index in [1.54, 1.807) is 0 Å². The highest BCUT2D eigenvalue weighted by Gasteiger charge is 2.32. The number of aryl methyl sites for hydroxylation is 2. The number of aliphatic hydroxyl groups excluding tert-OH is 1. The van der Waals surface area contributed by atoms with E-state index < -0.39 is 17.7 Å². The summed E-state index contributed by atoms with van der Waals surface area (Å²) in [6.07, 6.45) is 7.96. The molecule has 0 saturated heterocycles. The summed E-state index contributed by atoms with van der Waals surface area (Å²) in [7, 11) is 0. The maximum absolute atomic E-state index is 10.7. The van der Waals surface area contributed by atoms with Crippen LogP contribution < -0.4 is 4.74 Å². The number of ether oxygens (including phenoxy) is 1. The molecule has 2 aromatic carbocycles. The summed E-state index contributed by atoms with van der Waals surface area (Å²) in [6, 6.07) is 12.9. The predicted octanol–water partition coefficient (Wildman–Crippen LogP) is 5.94. The molecule has 1 aliphatic carbocycles. The van der Waals surface area contributed by atoms with E-state index in [-0.39, 0.29) is 24.9 Å². The predicted molar refractivity (Wildman–Crippen MR) is 140 cm³/mol. The number of aliphatic carboxylic acids is 1. The Labute approximate surface area is 209 Å². The number of aliphatic hydroxyl groups is 2. The van der Waals surface area contributed by atoms with Crippen LogP contribution in [0.4, 0.5) is 0 Å². The smallest absolute Gasteiger partial charge is 0.303 e. The summed E-state index contributed by atoms with van der Waals surface area (Å²) in [5.41, 5.74) is 5.06. The van der Waals surface area contributed by atoms with Crippen molar-refractivity contribution < 1.29 is 24.9 Å². The van der Waals surface area contributed by atoms with Crippen LogP contribution in [0, 0.1) is 13.8 Å². The Balaban J connectivity index is 1.80. The van der Waals surface area contributed by atoms with Gasteiger partial charge in [0.25, 0.3) is 0 Å². The third-order valence-corrected chi connectivity index (χ3v) is 7.67. The summed E-state index contributed by atoms with van der Waals surface area (Å²) >= 11 is 0. The van der Waals surface area contributed by atoms with Gasteiger partial charge in [-0.05, 0) is 86.3 Å². The van der Waals surface area contributed by atoms with Crippen molar-refractivity contribution >= 4 is 12.0 Å². The van der Waals surface area contributed by atoms with E-state index in [4.69, 9.17) is 9.84 Å². The molecule has 1 aliphatic rings. The molecule has 0 spiro atoms. The van der Waals surface area contributed by atoms with Crippen molar-refractivity contribution in [2.45, 2.75) is 89.8 Å². The fourth-order valence-electron chi connectivity index (χ4n) is 5.01. The van der Waals surface area contributed by atoms with Gasteiger partial charge >= 0.3 is 5.97 Å². The van der Waals surface area contributed by atoms with E-state index in [9.17, 15) is 15.0 Å². The van der Waals surface area contributed by atoms with Crippen LogP contribution in [0.5, 0.6) is 5.75 Å². The van der Waals surface area contributed by atoms with Crippen LogP contribution in [-0.2, 0) is 10.2 Å². The van der Waals surface area contributed by atoms with Crippen molar-refractivity contribution in [1.29, 1.82) is 0 Å². The maximum Gasteiger partial charge on any atom is 0.303 e. The molecule has 1 fully saturated rings. The zero-order valence-corrected chi connectivity index (χ0v) is 21.5. The third-order valence-electron chi connectivity index (χ3n) is 7.67. The number of rotatable bonds is 12. The van der Waals surface area contributed by atoms with E-state index in [0.717, 1.165) is 43.2 Å². The second-order valence-electron chi connectivity index (χ2n) is 10.0. The Kier molecular flexibility index (Phi) is 8.79. The topological polar surface area (TPSA) is 87.0 Å². The van der Waals surface area contributed by atoms with Crippen molar-refractivity contribution in [2.75, 3.05) is 6.61 Å². The van der Waals surface area contributed by atoms with E-state index in [0.29, 0.717) is 5.75 Å². The average Bonchev–Trinajstić information content (AvgIpc) is 2.81. The van der Waals surface area contributed by atoms with E-state index >= 15 is 0 Å². The molecule has 35 heavy (non-hydrogen) atoms. The molecule has 3 rings (SSSR count). The molecular weight excluding hydrogens is 440 g/mol. The van der Waals surface area contributed by atoms with Crippen LogP contribution in [0.15, 0.2) is 42.5 Å². The highest BCUT2D eigenvalue weighted by Crippen LogP contribution is 2.41. The van der Waals surface area contributed by atoms with Crippen LogP contribution in [0.1, 0.15) is 86.6 Å². The molecule has 5 nitrogen and oxygen atoms in total. The molecule has 1 saturated carbocycles. The number of hydrogen-bond donors (Lipinski definition) is 3. The van der Waals surface area contributed by atoms with Gasteiger partial charge in [-0.3, -0.25) is 4.79 Å². The lowest BCUT2D eigenvalue weighted by molar-refractivity contribution is -0.137. The first-order valence-electron chi connectivity index (χ1n) is 12.8. The van der Waals surface area contributed by atoms with E-state index in [2.05, 4.69) is 57.2 Å². The molecule has 2 aromatic rings. The zero-order chi connectivity index (χ0) is 25.6. The van der Waals surface area contributed by atoms with Crippen LogP contribution in [0.25, 0.3) is 6.08 Å². The molecule has 0 heterocycles. The Morgan fingerprint density at radius 3 is 2.23 bits per heavy atom. The SMILES string of the molecule is CCC(CC)(c1ccc(C=CC2(O)CCC2)c(C)c1)c1ccc(OC[C@H](O)CCC(=O)O)c(C)c1. The van der Waals surface area contributed by atoms with Gasteiger partial charge in [-0.2, -0.15) is 0 Å². The normalized spacial score (nSPS) is 16.2. The molecule has 0 aromatic heterocycles. The minimum atomic E-state index is -0.921. The fraction of sp³-hybridized carbons (Fsp3) is 0.500. The Morgan fingerprint density at radius 2 is 1.71 bits per heavy atom.